The SMILES string of the molecule is c1ccc(-c2nc(-n3c4cccc(-c5cccc(-c6ccc7c(c6)Sc6ccccc6N7c6ccccc6)c5)c4c4c5ccccc5ccc43)nc3ccccc23)cc1. The summed E-state index contributed by atoms with van der Waals surface area (Å²) < 4.78 is 2.26. The van der Waals surface area contributed by atoms with E-state index in [-0.39, 0.29) is 0 Å². The molecule has 0 unspecified atom stereocenters. The van der Waals surface area contributed by atoms with Crippen molar-refractivity contribution in [2.75, 3.05) is 4.90 Å². The Morgan fingerprint density at radius 2 is 1.08 bits per heavy atom. The largest absolute Gasteiger partial charge is 0.308 e. The summed E-state index contributed by atoms with van der Waals surface area (Å²) in [4.78, 5) is 15.5. The van der Waals surface area contributed by atoms with Crippen molar-refractivity contribution >= 4 is 72.3 Å². The zero-order valence-corrected chi connectivity index (χ0v) is 32.6. The molecule has 0 spiro atoms. The van der Waals surface area contributed by atoms with Crippen LogP contribution in [0.1, 0.15) is 0 Å². The summed E-state index contributed by atoms with van der Waals surface area (Å²) >= 11 is 1.84. The van der Waals surface area contributed by atoms with Crippen LogP contribution in [0.5, 0.6) is 0 Å². The molecule has 3 heterocycles. The van der Waals surface area contributed by atoms with Gasteiger partial charge in [-0.05, 0) is 93.7 Å². The Kier molecular flexibility index (Phi) is 7.75. The fourth-order valence-electron chi connectivity index (χ4n) is 8.92. The van der Waals surface area contributed by atoms with Crippen LogP contribution < -0.4 is 4.90 Å². The van der Waals surface area contributed by atoms with E-state index in [0.717, 1.165) is 44.4 Å². The van der Waals surface area contributed by atoms with E-state index in [1.807, 2.05) is 17.8 Å². The van der Waals surface area contributed by atoms with E-state index >= 15 is 0 Å². The summed E-state index contributed by atoms with van der Waals surface area (Å²) in [7, 11) is 0. The highest BCUT2D eigenvalue weighted by Crippen LogP contribution is 2.52. The van der Waals surface area contributed by atoms with E-state index < -0.39 is 0 Å². The lowest BCUT2D eigenvalue weighted by Gasteiger charge is -2.33. The first-order chi connectivity index (χ1) is 29.3. The van der Waals surface area contributed by atoms with Crippen LogP contribution in [0.3, 0.4) is 0 Å². The van der Waals surface area contributed by atoms with Crippen LogP contribution in [-0.2, 0) is 0 Å². The molecule has 9 aromatic carbocycles. The summed E-state index contributed by atoms with van der Waals surface area (Å²) in [6, 6.07) is 73.8. The third-order valence-electron chi connectivity index (χ3n) is 11.6. The molecular weight excluding hydrogens is 737 g/mol. The van der Waals surface area contributed by atoms with Gasteiger partial charge in [0.1, 0.15) is 0 Å². The molecule has 276 valence electrons. The molecule has 5 heteroatoms. The molecule has 0 bridgehead atoms. The number of hydrogen-bond acceptors (Lipinski definition) is 4. The van der Waals surface area contributed by atoms with E-state index in [2.05, 4.69) is 210 Å². The van der Waals surface area contributed by atoms with E-state index in [1.54, 1.807) is 0 Å². The molecule has 4 nitrogen and oxygen atoms in total. The molecule has 0 radical (unpaired) electrons. The summed E-state index contributed by atoms with van der Waals surface area (Å²) in [6.07, 6.45) is 0. The molecule has 2 aromatic heterocycles. The van der Waals surface area contributed by atoms with Gasteiger partial charge in [0.25, 0.3) is 0 Å². The van der Waals surface area contributed by atoms with Gasteiger partial charge in [0.05, 0.1) is 33.6 Å². The average Bonchev–Trinajstić information content (AvgIpc) is 3.66. The number of hydrogen-bond donors (Lipinski definition) is 0. The average molecular weight is 771 g/mol. The van der Waals surface area contributed by atoms with Crippen LogP contribution in [0.2, 0.25) is 0 Å². The fourth-order valence-corrected chi connectivity index (χ4v) is 10.0. The second kappa shape index (κ2) is 13.6. The predicted octanol–water partition coefficient (Wildman–Crippen LogP) is 14.8. The van der Waals surface area contributed by atoms with Gasteiger partial charge in [-0.2, -0.15) is 0 Å². The first-order valence-electron chi connectivity index (χ1n) is 19.9. The molecule has 0 amide bonds. The normalized spacial score (nSPS) is 12.3. The van der Waals surface area contributed by atoms with Gasteiger partial charge in [0, 0.05) is 37.2 Å². The van der Waals surface area contributed by atoms with Gasteiger partial charge >= 0.3 is 0 Å². The molecule has 1 aliphatic rings. The minimum absolute atomic E-state index is 0.654. The minimum Gasteiger partial charge on any atom is -0.308 e. The quantitative estimate of drug-likeness (QED) is 0.175. The summed E-state index contributed by atoms with van der Waals surface area (Å²) in [5.41, 5.74) is 13.3. The first-order valence-corrected chi connectivity index (χ1v) is 20.7. The van der Waals surface area contributed by atoms with Crippen LogP contribution in [0, 0.1) is 0 Å². The van der Waals surface area contributed by atoms with Crippen LogP contribution in [0.25, 0.3) is 82.9 Å². The molecule has 0 atom stereocenters. The second-order valence-electron chi connectivity index (χ2n) is 15.0. The predicted molar refractivity (Wildman–Crippen MR) is 246 cm³/mol. The van der Waals surface area contributed by atoms with Gasteiger partial charge in [-0.1, -0.05) is 157 Å². The Bertz CT molecular complexity index is 3430. The third-order valence-corrected chi connectivity index (χ3v) is 12.7. The highest BCUT2D eigenvalue weighted by atomic mass is 32.2. The lowest BCUT2D eigenvalue weighted by Crippen LogP contribution is -2.14. The van der Waals surface area contributed by atoms with Gasteiger partial charge < -0.3 is 4.90 Å². The molecule has 12 rings (SSSR count). The maximum absolute atomic E-state index is 5.37. The Hall–Kier alpha value is -7.47. The molecule has 0 N–H and O–H groups in total. The first kappa shape index (κ1) is 33.6. The maximum atomic E-state index is 5.37. The molecule has 59 heavy (non-hydrogen) atoms. The summed E-state index contributed by atoms with van der Waals surface area (Å²) in [5.74, 6) is 0.654. The van der Waals surface area contributed by atoms with Crippen LogP contribution in [0.4, 0.5) is 17.1 Å². The van der Waals surface area contributed by atoms with Crippen LogP contribution in [-0.4, -0.2) is 14.5 Å². The highest BCUT2D eigenvalue weighted by Gasteiger charge is 2.26. The number of aromatic nitrogens is 3. The number of para-hydroxylation sites is 3. The van der Waals surface area contributed by atoms with E-state index in [1.165, 1.54) is 59.4 Å². The zero-order chi connectivity index (χ0) is 38.9. The Morgan fingerprint density at radius 1 is 0.407 bits per heavy atom. The van der Waals surface area contributed by atoms with Gasteiger partial charge in [-0.15, -0.1) is 0 Å². The molecule has 0 aliphatic carbocycles. The number of rotatable bonds is 5. The van der Waals surface area contributed by atoms with Crippen molar-refractivity contribution in [1.29, 1.82) is 0 Å². The van der Waals surface area contributed by atoms with Crippen molar-refractivity contribution in [3.05, 3.63) is 206 Å². The minimum atomic E-state index is 0.654. The van der Waals surface area contributed by atoms with Gasteiger partial charge in [-0.3, -0.25) is 4.57 Å². The third kappa shape index (κ3) is 5.47. The number of anilines is 3. The van der Waals surface area contributed by atoms with Crippen molar-refractivity contribution < 1.29 is 0 Å². The lowest BCUT2D eigenvalue weighted by atomic mass is 9.94. The van der Waals surface area contributed by atoms with Crippen LogP contribution in [0.15, 0.2) is 216 Å². The maximum Gasteiger partial charge on any atom is 0.235 e. The molecule has 0 saturated heterocycles. The van der Waals surface area contributed by atoms with E-state index in [9.17, 15) is 0 Å². The summed E-state index contributed by atoms with van der Waals surface area (Å²) in [5, 5.41) is 5.82. The van der Waals surface area contributed by atoms with Gasteiger partial charge in [-0.25, -0.2) is 9.97 Å². The summed E-state index contributed by atoms with van der Waals surface area (Å²) in [6.45, 7) is 0. The molecule has 1 aliphatic heterocycles. The monoisotopic (exact) mass is 770 g/mol. The van der Waals surface area contributed by atoms with E-state index in [0.29, 0.717) is 5.95 Å². The topological polar surface area (TPSA) is 34.0 Å². The number of fused-ring (bicyclic) bond motifs is 8. The van der Waals surface area contributed by atoms with Gasteiger partial charge in [0.15, 0.2) is 0 Å². The second-order valence-corrected chi connectivity index (χ2v) is 16.1. The van der Waals surface area contributed by atoms with Crippen molar-refractivity contribution in [3.8, 4) is 39.5 Å². The smallest absolute Gasteiger partial charge is 0.235 e. The number of nitrogens with zero attached hydrogens (tertiary/aromatic N) is 4. The van der Waals surface area contributed by atoms with Gasteiger partial charge in [0.2, 0.25) is 5.95 Å². The number of benzene rings is 9. The highest BCUT2D eigenvalue weighted by molar-refractivity contribution is 7.99. The van der Waals surface area contributed by atoms with Crippen molar-refractivity contribution in [2.45, 2.75) is 9.79 Å². The standard InChI is InChI=1S/C54H34N4S/c1-3-16-36(17-4-1)53-43-23-9-10-25-44(43)55-54(56-53)58-47-27-14-24-42(52(47)51-41-22-8-7-15-35(41)29-32-48(51)58)39-19-13-18-37(33-39)38-30-31-46-50(34-38)59-49-28-12-11-26-45(49)57(46)40-20-5-2-6-21-40/h1-34H. The Morgan fingerprint density at radius 3 is 1.98 bits per heavy atom. The van der Waals surface area contributed by atoms with Crippen molar-refractivity contribution in [1.82, 2.24) is 14.5 Å². The van der Waals surface area contributed by atoms with Crippen molar-refractivity contribution in [2.24, 2.45) is 0 Å². The lowest BCUT2D eigenvalue weighted by molar-refractivity contribution is 1.01. The van der Waals surface area contributed by atoms with Crippen LogP contribution >= 0.6 is 11.8 Å². The molecular formula is C54H34N4S. The Balaban J connectivity index is 1.05. The zero-order valence-electron chi connectivity index (χ0n) is 31.8. The van der Waals surface area contributed by atoms with Crippen molar-refractivity contribution in [3.63, 3.8) is 0 Å². The Labute approximate surface area is 345 Å². The molecule has 0 fully saturated rings. The molecule has 11 aromatic rings. The fraction of sp³-hybridized carbons (Fsp3) is 0. The molecule has 0 saturated carbocycles. The van der Waals surface area contributed by atoms with E-state index in [4.69, 9.17) is 9.97 Å².